The number of anilines is 1. The van der Waals surface area contributed by atoms with Crippen LogP contribution in [0.1, 0.15) is 6.92 Å². The van der Waals surface area contributed by atoms with Gasteiger partial charge in [-0.05, 0) is 6.92 Å². The molecule has 6 N–H and O–H groups in total. The molecule has 1 aromatic rings. The molecule has 0 bridgehead atoms. The highest BCUT2D eigenvalue weighted by Gasteiger charge is 2.10. The SMILES string of the molecule is CC(O)C(N)CNc1n[nH]c(=O)[nH]c1=O. The molecule has 1 rings (SSSR count). The molecule has 0 spiro atoms. The quantitative estimate of drug-likeness (QED) is 0.379. The lowest BCUT2D eigenvalue weighted by atomic mass is 10.2. The third kappa shape index (κ3) is 3.18. The monoisotopic (exact) mass is 215 g/mol. The molecule has 0 aliphatic carbocycles. The fraction of sp³-hybridized carbons (Fsp3) is 0.571. The Morgan fingerprint density at radius 2 is 2.27 bits per heavy atom. The fourth-order valence-electron chi connectivity index (χ4n) is 0.853. The average Bonchev–Trinajstić information content (AvgIpc) is 2.15. The van der Waals surface area contributed by atoms with Crippen LogP contribution in [-0.4, -0.2) is 39.0 Å². The van der Waals surface area contributed by atoms with E-state index >= 15 is 0 Å². The van der Waals surface area contributed by atoms with Gasteiger partial charge in [0.15, 0.2) is 0 Å². The van der Waals surface area contributed by atoms with Crippen LogP contribution in [0.3, 0.4) is 0 Å². The van der Waals surface area contributed by atoms with E-state index in [9.17, 15) is 9.59 Å². The number of nitrogens with two attached hydrogens (primary N) is 1. The molecular weight excluding hydrogens is 202 g/mol. The van der Waals surface area contributed by atoms with Gasteiger partial charge in [0.05, 0.1) is 6.10 Å². The molecule has 0 saturated heterocycles. The Bertz CT molecular complexity index is 423. The van der Waals surface area contributed by atoms with E-state index in [2.05, 4.69) is 15.5 Å². The van der Waals surface area contributed by atoms with Gasteiger partial charge in [0.1, 0.15) is 0 Å². The number of hydrogen-bond donors (Lipinski definition) is 5. The second kappa shape index (κ2) is 4.71. The molecule has 0 amide bonds. The summed E-state index contributed by atoms with van der Waals surface area (Å²) in [5, 5.41) is 17.2. The van der Waals surface area contributed by atoms with Crippen molar-refractivity contribution < 1.29 is 5.11 Å². The Hall–Kier alpha value is -1.67. The Kier molecular flexibility index (Phi) is 3.58. The zero-order valence-electron chi connectivity index (χ0n) is 8.15. The Labute approximate surface area is 84.5 Å². The summed E-state index contributed by atoms with van der Waals surface area (Å²) in [7, 11) is 0. The lowest BCUT2D eigenvalue weighted by Crippen LogP contribution is -2.40. The maximum absolute atomic E-state index is 11.1. The highest BCUT2D eigenvalue weighted by atomic mass is 16.3. The minimum absolute atomic E-state index is 0.0364. The fourth-order valence-corrected chi connectivity index (χ4v) is 0.853. The molecule has 0 radical (unpaired) electrons. The van der Waals surface area contributed by atoms with Gasteiger partial charge in [0.2, 0.25) is 5.82 Å². The third-order valence-electron chi connectivity index (χ3n) is 1.84. The summed E-state index contributed by atoms with van der Waals surface area (Å²) in [6.45, 7) is 1.72. The molecule has 0 aliphatic heterocycles. The highest BCUT2D eigenvalue weighted by Crippen LogP contribution is 1.91. The van der Waals surface area contributed by atoms with Gasteiger partial charge in [-0.3, -0.25) is 9.78 Å². The Balaban J connectivity index is 2.66. The molecule has 15 heavy (non-hydrogen) atoms. The summed E-state index contributed by atoms with van der Waals surface area (Å²) in [6.07, 6.45) is -0.695. The van der Waals surface area contributed by atoms with Gasteiger partial charge >= 0.3 is 5.69 Å². The molecule has 0 saturated carbocycles. The van der Waals surface area contributed by atoms with Crippen molar-refractivity contribution in [3.63, 3.8) is 0 Å². The van der Waals surface area contributed by atoms with Crippen LogP contribution in [0.5, 0.6) is 0 Å². The number of aromatic amines is 2. The largest absolute Gasteiger partial charge is 0.392 e. The minimum Gasteiger partial charge on any atom is -0.392 e. The summed E-state index contributed by atoms with van der Waals surface area (Å²) in [6, 6.07) is -0.516. The molecule has 1 aromatic heterocycles. The van der Waals surface area contributed by atoms with Crippen LogP contribution in [0.25, 0.3) is 0 Å². The van der Waals surface area contributed by atoms with Gasteiger partial charge in [-0.15, -0.1) is 5.10 Å². The first kappa shape index (κ1) is 11.4. The standard InChI is InChI=1S/C7H13N5O3/c1-3(13)4(8)2-9-5-6(14)10-7(15)12-11-5/h3-4,13H,2,8H2,1H3,(H,9,11)(H2,10,12,14,15). The minimum atomic E-state index is -0.695. The van der Waals surface area contributed by atoms with Crippen molar-refractivity contribution in [1.82, 2.24) is 15.2 Å². The predicted molar refractivity (Wildman–Crippen MR) is 53.6 cm³/mol. The van der Waals surface area contributed by atoms with Crippen molar-refractivity contribution >= 4 is 5.82 Å². The van der Waals surface area contributed by atoms with E-state index in [-0.39, 0.29) is 12.4 Å². The molecule has 0 aromatic carbocycles. The van der Waals surface area contributed by atoms with E-state index in [0.717, 1.165) is 0 Å². The van der Waals surface area contributed by atoms with Crippen LogP contribution < -0.4 is 22.3 Å². The van der Waals surface area contributed by atoms with E-state index in [1.165, 1.54) is 6.92 Å². The zero-order valence-corrected chi connectivity index (χ0v) is 8.15. The lowest BCUT2D eigenvalue weighted by molar-refractivity contribution is 0.168. The topological polar surface area (TPSA) is 137 Å². The van der Waals surface area contributed by atoms with Gasteiger partial charge < -0.3 is 16.2 Å². The van der Waals surface area contributed by atoms with E-state index in [0.29, 0.717) is 0 Å². The summed E-state index contributed by atoms with van der Waals surface area (Å²) in [5.74, 6) is -0.0364. The van der Waals surface area contributed by atoms with Crippen molar-refractivity contribution in [3.05, 3.63) is 20.8 Å². The van der Waals surface area contributed by atoms with Crippen LogP contribution in [0, 0.1) is 0 Å². The van der Waals surface area contributed by atoms with Gasteiger partial charge in [-0.2, -0.15) is 0 Å². The van der Waals surface area contributed by atoms with Crippen LogP contribution in [0.4, 0.5) is 5.82 Å². The summed E-state index contributed by atoms with van der Waals surface area (Å²) >= 11 is 0. The number of H-pyrrole nitrogens is 2. The van der Waals surface area contributed by atoms with Crippen molar-refractivity contribution in [2.75, 3.05) is 11.9 Å². The lowest BCUT2D eigenvalue weighted by Gasteiger charge is -2.14. The smallest absolute Gasteiger partial charge is 0.342 e. The first-order valence-electron chi connectivity index (χ1n) is 4.37. The van der Waals surface area contributed by atoms with Crippen LogP contribution in [0.2, 0.25) is 0 Å². The molecule has 8 heteroatoms. The van der Waals surface area contributed by atoms with Gasteiger partial charge in [0.25, 0.3) is 5.56 Å². The van der Waals surface area contributed by atoms with Crippen molar-refractivity contribution in [2.45, 2.75) is 19.1 Å². The first-order valence-corrected chi connectivity index (χ1v) is 4.37. The number of rotatable bonds is 4. The zero-order chi connectivity index (χ0) is 11.4. The van der Waals surface area contributed by atoms with Crippen LogP contribution in [-0.2, 0) is 0 Å². The number of nitrogens with zero attached hydrogens (tertiary/aromatic N) is 1. The van der Waals surface area contributed by atoms with Crippen LogP contribution >= 0.6 is 0 Å². The summed E-state index contributed by atoms with van der Waals surface area (Å²) < 4.78 is 0. The maximum Gasteiger partial charge on any atom is 0.342 e. The van der Waals surface area contributed by atoms with Gasteiger partial charge in [-0.1, -0.05) is 0 Å². The normalized spacial score (nSPS) is 14.6. The number of aliphatic hydroxyl groups excluding tert-OH is 1. The molecular formula is C7H13N5O3. The number of aliphatic hydroxyl groups is 1. The van der Waals surface area contributed by atoms with Crippen molar-refractivity contribution in [2.24, 2.45) is 5.73 Å². The molecule has 2 unspecified atom stereocenters. The molecule has 0 fully saturated rings. The highest BCUT2D eigenvalue weighted by molar-refractivity contribution is 5.28. The van der Waals surface area contributed by atoms with Crippen LogP contribution in [0.15, 0.2) is 9.59 Å². The van der Waals surface area contributed by atoms with E-state index < -0.39 is 23.4 Å². The maximum atomic E-state index is 11.1. The Morgan fingerprint density at radius 3 is 2.80 bits per heavy atom. The molecule has 84 valence electrons. The second-order valence-corrected chi connectivity index (χ2v) is 3.14. The van der Waals surface area contributed by atoms with Gasteiger partial charge in [-0.25, -0.2) is 9.89 Å². The number of nitrogens with one attached hydrogen (secondary N) is 3. The Morgan fingerprint density at radius 1 is 1.60 bits per heavy atom. The molecule has 1 heterocycles. The molecule has 8 nitrogen and oxygen atoms in total. The molecule has 2 atom stereocenters. The number of aromatic nitrogens is 3. The van der Waals surface area contributed by atoms with E-state index in [1.54, 1.807) is 0 Å². The van der Waals surface area contributed by atoms with E-state index in [4.69, 9.17) is 10.8 Å². The molecule has 0 aliphatic rings. The average molecular weight is 215 g/mol. The van der Waals surface area contributed by atoms with Crippen molar-refractivity contribution in [3.8, 4) is 0 Å². The second-order valence-electron chi connectivity index (χ2n) is 3.14. The summed E-state index contributed by atoms with van der Waals surface area (Å²) in [5.41, 5.74) is 4.22. The third-order valence-corrected chi connectivity index (χ3v) is 1.84. The van der Waals surface area contributed by atoms with E-state index in [1.807, 2.05) is 4.98 Å². The predicted octanol–water partition coefficient (Wildman–Crippen LogP) is -2.42. The van der Waals surface area contributed by atoms with Gasteiger partial charge in [0, 0.05) is 12.6 Å². The van der Waals surface area contributed by atoms with Crippen molar-refractivity contribution in [1.29, 1.82) is 0 Å². The number of hydrogen-bond acceptors (Lipinski definition) is 6. The summed E-state index contributed by atoms with van der Waals surface area (Å²) in [4.78, 5) is 23.7. The first-order chi connectivity index (χ1) is 7.00.